The Morgan fingerprint density at radius 3 is 2.47 bits per heavy atom. The number of nitrogens with one attached hydrogen (secondary N) is 1. The number of fused-ring (bicyclic) bond motifs is 1. The highest BCUT2D eigenvalue weighted by molar-refractivity contribution is 6.42. The number of rotatable bonds is 5. The lowest BCUT2D eigenvalue weighted by Gasteiger charge is -2.17. The molecule has 0 aliphatic carbocycles. The fourth-order valence-electron chi connectivity index (χ4n) is 3.36. The van der Waals surface area contributed by atoms with Gasteiger partial charge >= 0.3 is 0 Å². The molecule has 1 atom stereocenters. The summed E-state index contributed by atoms with van der Waals surface area (Å²) in [6.45, 7) is 2.47. The predicted octanol–water partition coefficient (Wildman–Crippen LogP) is 6.54. The molecule has 1 aromatic heterocycles. The number of carbonyl (C=O) groups is 1. The fourth-order valence-corrected chi connectivity index (χ4v) is 3.80. The van der Waals surface area contributed by atoms with Gasteiger partial charge in [-0.2, -0.15) is 0 Å². The lowest BCUT2D eigenvalue weighted by atomic mass is 10.2. The third-order valence-electron chi connectivity index (χ3n) is 4.85. The molecule has 4 rings (SSSR count). The minimum atomic E-state index is -0.316. The van der Waals surface area contributed by atoms with E-state index < -0.39 is 0 Å². The Labute approximate surface area is 189 Å². The van der Waals surface area contributed by atoms with E-state index in [9.17, 15) is 4.79 Å². The first kappa shape index (κ1) is 20.7. The Morgan fingerprint density at radius 2 is 1.73 bits per heavy atom. The van der Waals surface area contributed by atoms with E-state index in [1.807, 2.05) is 43.3 Å². The summed E-state index contributed by atoms with van der Waals surface area (Å²) < 4.78 is 2.09. The zero-order valence-corrected chi connectivity index (χ0v) is 18.3. The molecule has 7 heteroatoms. The van der Waals surface area contributed by atoms with Crippen LogP contribution in [0.15, 0.2) is 66.7 Å². The highest BCUT2D eigenvalue weighted by atomic mass is 35.5. The van der Waals surface area contributed by atoms with Crippen molar-refractivity contribution in [2.75, 3.05) is 0 Å². The Hall–Kier alpha value is -2.53. The number of aromatic nitrogens is 2. The number of nitrogens with zero attached hydrogens (tertiary/aromatic N) is 2. The highest BCUT2D eigenvalue weighted by Gasteiger charge is 2.19. The van der Waals surface area contributed by atoms with Gasteiger partial charge < -0.3 is 9.88 Å². The smallest absolute Gasteiger partial charge is 0.251 e. The first-order valence-corrected chi connectivity index (χ1v) is 10.5. The molecule has 0 spiro atoms. The van der Waals surface area contributed by atoms with E-state index in [2.05, 4.69) is 9.88 Å². The topological polar surface area (TPSA) is 46.9 Å². The SMILES string of the molecule is CC(NC(=O)c1ccc(Cl)cc1)c1nc2ccccc2n1Cc1ccc(Cl)c(Cl)c1. The number of carbonyl (C=O) groups excluding carboxylic acids is 1. The molecule has 4 aromatic rings. The number of amides is 1. The Balaban J connectivity index is 1.67. The first-order chi connectivity index (χ1) is 14.4. The fraction of sp³-hybridized carbons (Fsp3) is 0.130. The molecule has 0 saturated carbocycles. The van der Waals surface area contributed by atoms with E-state index in [1.165, 1.54) is 0 Å². The molecule has 3 aromatic carbocycles. The van der Waals surface area contributed by atoms with Crippen molar-refractivity contribution in [1.29, 1.82) is 0 Å². The van der Waals surface area contributed by atoms with Crippen LogP contribution in [0.4, 0.5) is 0 Å². The van der Waals surface area contributed by atoms with Crippen molar-refractivity contribution in [2.45, 2.75) is 19.5 Å². The van der Waals surface area contributed by atoms with E-state index >= 15 is 0 Å². The van der Waals surface area contributed by atoms with E-state index in [1.54, 1.807) is 30.3 Å². The standard InChI is InChI=1S/C23H18Cl3N3O/c1-14(27-23(30)16-7-9-17(24)10-8-16)22-28-20-4-2-3-5-21(20)29(22)13-15-6-11-18(25)19(26)12-15/h2-12,14H,13H2,1H3,(H,27,30). The molecule has 0 fully saturated rings. The van der Waals surface area contributed by atoms with Gasteiger partial charge in [-0.3, -0.25) is 4.79 Å². The molecule has 1 unspecified atom stereocenters. The number of hydrogen-bond acceptors (Lipinski definition) is 2. The molecular formula is C23H18Cl3N3O. The maximum Gasteiger partial charge on any atom is 0.251 e. The molecule has 1 N–H and O–H groups in total. The molecule has 4 nitrogen and oxygen atoms in total. The van der Waals surface area contributed by atoms with Crippen molar-refractivity contribution in [3.63, 3.8) is 0 Å². The molecule has 0 aliphatic rings. The second-order valence-corrected chi connectivity index (χ2v) is 8.25. The van der Waals surface area contributed by atoms with E-state index in [-0.39, 0.29) is 11.9 Å². The average Bonchev–Trinajstić information content (AvgIpc) is 3.10. The first-order valence-electron chi connectivity index (χ1n) is 9.38. The summed E-state index contributed by atoms with van der Waals surface area (Å²) in [5.74, 6) is 0.567. The van der Waals surface area contributed by atoms with Crippen LogP contribution >= 0.6 is 34.8 Å². The van der Waals surface area contributed by atoms with Crippen molar-refractivity contribution < 1.29 is 4.79 Å². The Morgan fingerprint density at radius 1 is 1.00 bits per heavy atom. The van der Waals surface area contributed by atoms with Crippen LogP contribution in [-0.4, -0.2) is 15.5 Å². The zero-order valence-electron chi connectivity index (χ0n) is 16.1. The average molecular weight is 459 g/mol. The third-order valence-corrected chi connectivity index (χ3v) is 5.84. The molecule has 152 valence electrons. The van der Waals surface area contributed by atoms with Crippen molar-refractivity contribution in [3.8, 4) is 0 Å². The summed E-state index contributed by atoms with van der Waals surface area (Å²) in [6, 6.07) is 19.9. The van der Waals surface area contributed by atoms with Gasteiger partial charge in [-0.15, -0.1) is 0 Å². The minimum absolute atomic E-state index is 0.188. The quantitative estimate of drug-likeness (QED) is 0.369. The predicted molar refractivity (Wildman–Crippen MR) is 123 cm³/mol. The molecule has 0 aliphatic heterocycles. The monoisotopic (exact) mass is 457 g/mol. The number of imidazole rings is 1. The molecule has 0 radical (unpaired) electrons. The van der Waals surface area contributed by atoms with Crippen LogP contribution in [0, 0.1) is 0 Å². The summed E-state index contributed by atoms with van der Waals surface area (Å²) >= 11 is 18.2. The molecule has 1 heterocycles. The van der Waals surface area contributed by atoms with Crippen molar-refractivity contribution in [3.05, 3.63) is 98.7 Å². The maximum absolute atomic E-state index is 12.7. The lowest BCUT2D eigenvalue weighted by molar-refractivity contribution is 0.0938. The van der Waals surface area contributed by atoms with Crippen LogP contribution in [0.25, 0.3) is 11.0 Å². The van der Waals surface area contributed by atoms with Gasteiger partial charge in [0.1, 0.15) is 5.82 Å². The van der Waals surface area contributed by atoms with Gasteiger partial charge in [0.2, 0.25) is 0 Å². The van der Waals surface area contributed by atoms with Gasteiger partial charge in [-0.05, 0) is 61.0 Å². The second-order valence-electron chi connectivity index (χ2n) is 7.00. The zero-order chi connectivity index (χ0) is 21.3. The number of halogens is 3. The maximum atomic E-state index is 12.7. The van der Waals surface area contributed by atoms with Gasteiger partial charge in [0.25, 0.3) is 5.91 Å². The van der Waals surface area contributed by atoms with Crippen molar-refractivity contribution >= 4 is 51.7 Å². The lowest BCUT2D eigenvalue weighted by Crippen LogP contribution is -2.28. The van der Waals surface area contributed by atoms with Crippen LogP contribution in [0.1, 0.15) is 34.7 Å². The van der Waals surface area contributed by atoms with Gasteiger partial charge in [0.05, 0.1) is 27.1 Å². The molecular weight excluding hydrogens is 441 g/mol. The van der Waals surface area contributed by atoms with Crippen LogP contribution < -0.4 is 5.32 Å². The second kappa shape index (κ2) is 8.68. The summed E-state index contributed by atoms with van der Waals surface area (Å²) in [4.78, 5) is 17.5. The van der Waals surface area contributed by atoms with Gasteiger partial charge in [-0.25, -0.2) is 4.98 Å². The van der Waals surface area contributed by atoms with Gasteiger partial charge in [0.15, 0.2) is 0 Å². The molecule has 1 amide bonds. The molecule has 0 saturated heterocycles. The van der Waals surface area contributed by atoms with Crippen LogP contribution in [0.5, 0.6) is 0 Å². The molecule has 0 bridgehead atoms. The summed E-state index contributed by atoms with van der Waals surface area (Å²) in [5.41, 5.74) is 3.37. The van der Waals surface area contributed by atoms with Gasteiger partial charge in [-0.1, -0.05) is 53.0 Å². The normalized spacial score (nSPS) is 12.1. The Kier molecular flexibility index (Phi) is 6.00. The number of para-hydroxylation sites is 2. The largest absolute Gasteiger partial charge is 0.342 e. The number of benzene rings is 3. The van der Waals surface area contributed by atoms with Crippen LogP contribution in [0.3, 0.4) is 0 Å². The Bertz CT molecular complexity index is 1220. The van der Waals surface area contributed by atoms with Crippen molar-refractivity contribution in [2.24, 2.45) is 0 Å². The van der Waals surface area contributed by atoms with Crippen molar-refractivity contribution in [1.82, 2.24) is 14.9 Å². The van der Waals surface area contributed by atoms with Crippen LogP contribution in [0.2, 0.25) is 15.1 Å². The third kappa shape index (κ3) is 4.31. The molecule has 30 heavy (non-hydrogen) atoms. The van der Waals surface area contributed by atoms with Crippen LogP contribution in [-0.2, 0) is 6.54 Å². The van der Waals surface area contributed by atoms with E-state index in [4.69, 9.17) is 39.8 Å². The van der Waals surface area contributed by atoms with E-state index in [0.717, 1.165) is 22.4 Å². The summed E-state index contributed by atoms with van der Waals surface area (Å²) in [5, 5.41) is 4.63. The van der Waals surface area contributed by atoms with Gasteiger partial charge in [0, 0.05) is 17.1 Å². The number of hydrogen-bond donors (Lipinski definition) is 1. The van der Waals surface area contributed by atoms with E-state index in [0.29, 0.717) is 27.2 Å². The summed E-state index contributed by atoms with van der Waals surface area (Å²) in [7, 11) is 0. The highest BCUT2D eigenvalue weighted by Crippen LogP contribution is 2.26. The minimum Gasteiger partial charge on any atom is -0.342 e. The summed E-state index contributed by atoms with van der Waals surface area (Å²) in [6.07, 6.45) is 0.